The molecule has 17 heavy (non-hydrogen) atoms. The van der Waals surface area contributed by atoms with E-state index in [1.807, 2.05) is 0 Å². The molecule has 0 radical (unpaired) electrons. The molecule has 1 saturated heterocycles. The molecule has 0 amide bonds. The van der Waals surface area contributed by atoms with E-state index in [1.165, 1.54) is 11.9 Å². The van der Waals surface area contributed by atoms with E-state index in [-0.39, 0.29) is 23.7 Å². The van der Waals surface area contributed by atoms with Gasteiger partial charge in [0.1, 0.15) is 28.3 Å². The average molecular weight is 250 g/mol. The molecule has 0 N–H and O–H groups in total. The van der Waals surface area contributed by atoms with Crippen molar-refractivity contribution < 1.29 is 24.0 Å². The van der Waals surface area contributed by atoms with Crippen molar-refractivity contribution >= 4 is 36.0 Å². The zero-order valence-corrected chi connectivity index (χ0v) is 9.80. The first kappa shape index (κ1) is 11.7. The average Bonchev–Trinajstić information content (AvgIpc) is 2.97. The van der Waals surface area contributed by atoms with Gasteiger partial charge in [-0.1, -0.05) is 6.92 Å². The Labute approximate surface area is 96.1 Å². The number of carbonyl (C=O) groups excluding carboxylic acids is 5. The first-order valence-corrected chi connectivity index (χ1v) is 6.90. The second-order valence-electron chi connectivity index (χ2n) is 3.93. The number of hydrogen-bond acceptors (Lipinski definition) is 5. The van der Waals surface area contributed by atoms with Gasteiger partial charge in [-0.05, 0) is 6.16 Å². The van der Waals surface area contributed by atoms with Gasteiger partial charge in [-0.15, -0.1) is 0 Å². The van der Waals surface area contributed by atoms with Crippen LogP contribution >= 0.6 is 6.89 Å². The lowest BCUT2D eigenvalue weighted by molar-refractivity contribution is -0.118. The summed E-state index contributed by atoms with van der Waals surface area (Å²) in [6, 6.07) is 0. The normalized spacial score (nSPS) is 34.6. The van der Waals surface area contributed by atoms with Gasteiger partial charge in [-0.2, -0.15) is 0 Å². The van der Waals surface area contributed by atoms with Crippen LogP contribution in [0.15, 0.2) is 10.9 Å². The zero-order chi connectivity index (χ0) is 12.8. The van der Waals surface area contributed by atoms with Crippen molar-refractivity contribution in [3.63, 3.8) is 0 Å². The molecule has 2 fully saturated rings. The molecule has 0 aromatic carbocycles. The number of carbonyl (C=O) groups is 2. The van der Waals surface area contributed by atoms with Crippen molar-refractivity contribution in [2.24, 2.45) is 0 Å². The van der Waals surface area contributed by atoms with Crippen molar-refractivity contribution in [2.75, 3.05) is 6.16 Å². The fourth-order valence-corrected chi connectivity index (χ4v) is 6.05. The molecule has 2 unspecified atom stereocenters. The lowest BCUT2D eigenvalue weighted by atomic mass is 10.1. The summed E-state index contributed by atoms with van der Waals surface area (Å²) in [6.07, 6.45) is 0.0722. The van der Waals surface area contributed by atoms with Crippen molar-refractivity contribution in [3.8, 4) is 0 Å². The van der Waals surface area contributed by atoms with Gasteiger partial charge in [0.05, 0.1) is 5.31 Å². The van der Waals surface area contributed by atoms with E-state index in [9.17, 15) is 24.0 Å². The molecule has 0 bridgehead atoms. The maximum atomic E-state index is 12.0. The molecular weight excluding hydrogens is 243 g/mol. The maximum absolute atomic E-state index is 12.0. The van der Waals surface area contributed by atoms with Crippen LogP contribution in [0.1, 0.15) is 13.3 Å². The highest BCUT2D eigenvalue weighted by atomic mass is 31.2. The first-order chi connectivity index (χ1) is 8.05. The van der Waals surface area contributed by atoms with Gasteiger partial charge in [-0.3, -0.25) is 9.59 Å². The summed E-state index contributed by atoms with van der Waals surface area (Å²) < 4.78 is 0. The topological polar surface area (TPSA) is 85.3 Å². The number of rotatable bonds is 1. The minimum Gasteiger partial charge on any atom is -0.298 e. The summed E-state index contributed by atoms with van der Waals surface area (Å²) in [5.41, 5.74) is 1.24. The van der Waals surface area contributed by atoms with Crippen molar-refractivity contribution in [1.82, 2.24) is 0 Å². The van der Waals surface area contributed by atoms with Crippen LogP contribution in [-0.2, 0) is 24.0 Å². The molecule has 1 aliphatic carbocycles. The predicted molar refractivity (Wildman–Crippen MR) is 58.9 cm³/mol. The smallest absolute Gasteiger partial charge is 0.194 e. The molecule has 0 aromatic rings. The summed E-state index contributed by atoms with van der Waals surface area (Å²) in [5.74, 6) is 1.72. The van der Waals surface area contributed by atoms with Crippen LogP contribution in [0.25, 0.3) is 0 Å². The molecule has 0 aromatic heterocycles. The minimum atomic E-state index is -3.01. The Balaban J connectivity index is 2.96. The molecule has 1 spiro atoms. The van der Waals surface area contributed by atoms with Gasteiger partial charge in [-0.25, -0.2) is 14.4 Å². The van der Waals surface area contributed by atoms with Crippen LogP contribution in [0.2, 0.25) is 0 Å². The second-order valence-corrected chi connectivity index (χ2v) is 7.58. The third-order valence-electron chi connectivity index (χ3n) is 3.45. The van der Waals surface area contributed by atoms with Gasteiger partial charge >= 0.3 is 0 Å². The summed E-state index contributed by atoms with van der Waals surface area (Å²) in [4.78, 5) is 56.3. The van der Waals surface area contributed by atoms with Crippen LogP contribution < -0.4 is 0 Å². The van der Waals surface area contributed by atoms with Crippen LogP contribution in [0.3, 0.4) is 0 Å². The van der Waals surface area contributed by atoms with E-state index < -0.39 is 23.4 Å². The maximum Gasteiger partial charge on any atom is 0.194 e. The first-order valence-electron chi connectivity index (χ1n) is 4.92. The van der Waals surface area contributed by atoms with Crippen molar-refractivity contribution in [1.29, 1.82) is 0 Å². The fraction of sp³-hybridized carbons (Fsp3) is 0.364. The van der Waals surface area contributed by atoms with E-state index in [4.69, 9.17) is 0 Å². The lowest BCUT2D eigenvalue weighted by Crippen LogP contribution is -2.20. The molecule has 2 atom stereocenters. The van der Waals surface area contributed by atoms with E-state index >= 15 is 0 Å². The van der Waals surface area contributed by atoms with Gasteiger partial charge in [0, 0.05) is 13.3 Å². The van der Waals surface area contributed by atoms with Gasteiger partial charge < -0.3 is 0 Å². The summed E-state index contributed by atoms with van der Waals surface area (Å²) >= 11 is 0. The van der Waals surface area contributed by atoms with Crippen molar-refractivity contribution in [3.05, 3.63) is 10.9 Å². The van der Waals surface area contributed by atoms with Crippen LogP contribution in [0.5, 0.6) is 0 Å². The standard InChI is InChI=1S/C11H7O5P/c1-2-17(6-14)8(5-13)7(4-12)10(16)11(17)3-9(11)15/h2-3H2,1H3. The largest absolute Gasteiger partial charge is 0.298 e. The Morgan fingerprint density at radius 1 is 1.24 bits per heavy atom. The molecule has 86 valence electrons. The zero-order valence-electron chi connectivity index (χ0n) is 8.90. The van der Waals surface area contributed by atoms with E-state index in [0.717, 1.165) is 0 Å². The van der Waals surface area contributed by atoms with E-state index in [1.54, 1.807) is 12.6 Å². The predicted octanol–water partition coefficient (Wildman–Crippen LogP) is -0.141. The Hall–Kier alpha value is -1.75. The van der Waals surface area contributed by atoms with Gasteiger partial charge in [0.2, 0.25) is 0 Å². The Kier molecular flexibility index (Phi) is 2.32. The number of ketones is 2. The van der Waals surface area contributed by atoms with Crippen LogP contribution in [-0.4, -0.2) is 40.4 Å². The van der Waals surface area contributed by atoms with Crippen molar-refractivity contribution in [2.45, 2.75) is 18.5 Å². The molecule has 1 aliphatic heterocycles. The highest BCUT2D eigenvalue weighted by Crippen LogP contribution is 2.77. The Bertz CT molecular complexity index is 639. The van der Waals surface area contributed by atoms with Crippen LogP contribution in [0, 0.1) is 0 Å². The number of Topliss-reactive ketones (excluding diaryl/α,β-unsaturated/α-hetero) is 2. The molecule has 1 heterocycles. The number of hydrogen-bond donors (Lipinski definition) is 0. The van der Waals surface area contributed by atoms with Crippen LogP contribution in [0.4, 0.5) is 0 Å². The molecule has 6 heteroatoms. The number of allylic oxidation sites excluding steroid dienone is 2. The fourth-order valence-electron chi connectivity index (χ4n) is 2.45. The Morgan fingerprint density at radius 3 is 2.12 bits per heavy atom. The molecular formula is C11H7O5P. The molecule has 1 saturated carbocycles. The molecule has 5 nitrogen and oxygen atoms in total. The monoisotopic (exact) mass is 250 g/mol. The lowest BCUT2D eigenvalue weighted by Gasteiger charge is -2.16. The van der Waals surface area contributed by atoms with Gasteiger partial charge in [0.25, 0.3) is 0 Å². The quantitative estimate of drug-likeness (QED) is 0.280. The summed E-state index contributed by atoms with van der Waals surface area (Å²) in [7, 11) is 0. The third kappa shape index (κ3) is 1.000. The highest BCUT2D eigenvalue weighted by molar-refractivity contribution is 7.83. The van der Waals surface area contributed by atoms with E-state index in [2.05, 4.69) is 0 Å². The molecule has 2 aliphatic rings. The molecule has 2 rings (SSSR count). The second kappa shape index (κ2) is 3.37. The third-order valence-corrected chi connectivity index (χ3v) is 7.71. The Morgan fingerprint density at radius 2 is 1.82 bits per heavy atom. The van der Waals surface area contributed by atoms with E-state index in [0.29, 0.717) is 0 Å². The minimum absolute atomic E-state index is 0.0843. The summed E-state index contributed by atoms with van der Waals surface area (Å²) in [6.45, 7) is -1.41. The highest BCUT2D eigenvalue weighted by Gasteiger charge is 2.74. The summed E-state index contributed by atoms with van der Waals surface area (Å²) in [5, 5.41) is -1.73. The van der Waals surface area contributed by atoms with Gasteiger partial charge in [0.15, 0.2) is 11.6 Å². The SMILES string of the molecule is CCP1(=C=O)C(=C=O)C(=C=O)C(=O)C12CC2=O.